The molecule has 3 amide bonds. The summed E-state index contributed by atoms with van der Waals surface area (Å²) in [6.45, 7) is 3.80. The molecule has 8 heteroatoms. The molecule has 1 unspecified atom stereocenters. The van der Waals surface area contributed by atoms with E-state index >= 15 is 0 Å². The SMILES string of the molecule is COc1ccccc1NC(=O)C(C)Sc1ccc(NC(=O)/C(=C/c2ccc(C)cc2)NC(=O)c2ccccc2)cc1. The Kier molecular flexibility index (Phi) is 9.96. The summed E-state index contributed by atoms with van der Waals surface area (Å²) in [7, 11) is 1.56. The van der Waals surface area contributed by atoms with E-state index in [1.54, 1.807) is 61.7 Å². The number of aryl methyl sites for hydroxylation is 1. The number of carbonyl (C=O) groups is 3. The number of thioether (sulfide) groups is 1. The van der Waals surface area contributed by atoms with Gasteiger partial charge in [-0.05, 0) is 74.0 Å². The van der Waals surface area contributed by atoms with Crippen LogP contribution < -0.4 is 20.7 Å². The van der Waals surface area contributed by atoms with Crippen LogP contribution in [0, 0.1) is 6.92 Å². The highest BCUT2D eigenvalue weighted by atomic mass is 32.2. The molecule has 0 aliphatic heterocycles. The van der Waals surface area contributed by atoms with Gasteiger partial charge in [-0.2, -0.15) is 0 Å². The molecule has 0 aromatic heterocycles. The van der Waals surface area contributed by atoms with Crippen LogP contribution in [0.15, 0.2) is 114 Å². The lowest BCUT2D eigenvalue weighted by Crippen LogP contribution is -2.30. The lowest BCUT2D eigenvalue weighted by molar-refractivity contribution is -0.115. The summed E-state index contributed by atoms with van der Waals surface area (Å²) < 4.78 is 5.30. The van der Waals surface area contributed by atoms with Gasteiger partial charge >= 0.3 is 0 Å². The zero-order valence-corrected chi connectivity index (χ0v) is 23.8. The zero-order valence-electron chi connectivity index (χ0n) is 23.0. The van der Waals surface area contributed by atoms with Crippen molar-refractivity contribution in [2.45, 2.75) is 24.0 Å². The Morgan fingerprint density at radius 2 is 1.46 bits per heavy atom. The van der Waals surface area contributed by atoms with Crippen LogP contribution in [0.25, 0.3) is 6.08 Å². The Labute approximate surface area is 244 Å². The molecule has 7 nitrogen and oxygen atoms in total. The van der Waals surface area contributed by atoms with E-state index in [2.05, 4.69) is 16.0 Å². The molecule has 0 fully saturated rings. The predicted molar refractivity (Wildman–Crippen MR) is 165 cm³/mol. The predicted octanol–water partition coefficient (Wildman–Crippen LogP) is 6.53. The van der Waals surface area contributed by atoms with Crippen molar-refractivity contribution in [3.05, 3.63) is 126 Å². The average Bonchev–Trinajstić information content (AvgIpc) is 2.99. The topological polar surface area (TPSA) is 96.5 Å². The second-order valence-corrected chi connectivity index (χ2v) is 10.6. The van der Waals surface area contributed by atoms with Crippen LogP contribution in [0.1, 0.15) is 28.4 Å². The molecule has 0 bridgehead atoms. The van der Waals surface area contributed by atoms with Crippen molar-refractivity contribution < 1.29 is 19.1 Å². The van der Waals surface area contributed by atoms with Crippen LogP contribution in [-0.4, -0.2) is 30.1 Å². The van der Waals surface area contributed by atoms with Crippen molar-refractivity contribution in [2.24, 2.45) is 0 Å². The first-order valence-corrected chi connectivity index (χ1v) is 13.9. The molecule has 0 saturated carbocycles. The molecule has 4 aromatic carbocycles. The second kappa shape index (κ2) is 14.0. The van der Waals surface area contributed by atoms with Gasteiger partial charge in [0.1, 0.15) is 11.4 Å². The third kappa shape index (κ3) is 8.33. The van der Waals surface area contributed by atoms with E-state index in [0.29, 0.717) is 22.7 Å². The highest BCUT2D eigenvalue weighted by molar-refractivity contribution is 8.00. The maximum Gasteiger partial charge on any atom is 0.272 e. The van der Waals surface area contributed by atoms with Gasteiger partial charge in [-0.15, -0.1) is 11.8 Å². The summed E-state index contributed by atoms with van der Waals surface area (Å²) in [5, 5.41) is 8.12. The maximum atomic E-state index is 13.3. The summed E-state index contributed by atoms with van der Waals surface area (Å²) >= 11 is 1.39. The van der Waals surface area contributed by atoms with Gasteiger partial charge in [0.25, 0.3) is 11.8 Å². The number of carbonyl (C=O) groups excluding carboxylic acids is 3. The smallest absolute Gasteiger partial charge is 0.272 e. The van der Waals surface area contributed by atoms with Crippen molar-refractivity contribution in [3.63, 3.8) is 0 Å². The number of para-hydroxylation sites is 2. The number of benzene rings is 4. The molecule has 0 aliphatic carbocycles. The van der Waals surface area contributed by atoms with Gasteiger partial charge in [0, 0.05) is 16.1 Å². The number of nitrogens with one attached hydrogen (secondary N) is 3. The minimum atomic E-state index is -0.459. The molecule has 4 rings (SSSR count). The van der Waals surface area contributed by atoms with Gasteiger partial charge in [-0.25, -0.2) is 0 Å². The van der Waals surface area contributed by atoms with Crippen molar-refractivity contribution in [1.29, 1.82) is 0 Å². The van der Waals surface area contributed by atoms with E-state index in [-0.39, 0.29) is 22.8 Å². The van der Waals surface area contributed by atoms with E-state index in [4.69, 9.17) is 4.74 Å². The largest absolute Gasteiger partial charge is 0.495 e. The number of amides is 3. The van der Waals surface area contributed by atoms with Gasteiger partial charge < -0.3 is 20.7 Å². The van der Waals surface area contributed by atoms with Gasteiger partial charge in [0.2, 0.25) is 5.91 Å². The summed E-state index contributed by atoms with van der Waals surface area (Å²) in [5.41, 5.74) is 3.59. The highest BCUT2D eigenvalue weighted by Gasteiger charge is 2.18. The van der Waals surface area contributed by atoms with Crippen molar-refractivity contribution in [2.75, 3.05) is 17.7 Å². The van der Waals surface area contributed by atoms with Crippen LogP contribution >= 0.6 is 11.8 Å². The average molecular weight is 566 g/mol. The number of hydrogen-bond donors (Lipinski definition) is 3. The summed E-state index contributed by atoms with van der Waals surface area (Å²) in [4.78, 5) is 39.7. The van der Waals surface area contributed by atoms with E-state index in [1.165, 1.54) is 11.8 Å². The maximum absolute atomic E-state index is 13.3. The van der Waals surface area contributed by atoms with Crippen LogP contribution in [0.4, 0.5) is 11.4 Å². The molecule has 0 radical (unpaired) electrons. The quantitative estimate of drug-likeness (QED) is 0.150. The van der Waals surface area contributed by atoms with Crippen LogP contribution in [0.5, 0.6) is 5.75 Å². The fraction of sp³-hybridized carbons (Fsp3) is 0.121. The Bertz CT molecular complexity index is 1540. The molecule has 4 aromatic rings. The first-order valence-electron chi connectivity index (χ1n) is 13.0. The minimum absolute atomic E-state index is 0.114. The highest BCUT2D eigenvalue weighted by Crippen LogP contribution is 2.28. The Morgan fingerprint density at radius 3 is 2.15 bits per heavy atom. The summed E-state index contributed by atoms with van der Waals surface area (Å²) in [5.74, 6) is -0.406. The number of ether oxygens (including phenoxy) is 1. The molecule has 41 heavy (non-hydrogen) atoms. The van der Waals surface area contributed by atoms with Crippen molar-refractivity contribution in [3.8, 4) is 5.75 Å². The second-order valence-electron chi connectivity index (χ2n) is 9.22. The monoisotopic (exact) mass is 565 g/mol. The first kappa shape index (κ1) is 29.2. The molecule has 0 aliphatic rings. The number of anilines is 2. The fourth-order valence-corrected chi connectivity index (χ4v) is 4.69. The van der Waals surface area contributed by atoms with Gasteiger partial charge in [-0.1, -0.05) is 60.2 Å². The van der Waals surface area contributed by atoms with Gasteiger partial charge in [0.05, 0.1) is 18.0 Å². The number of rotatable bonds is 10. The van der Waals surface area contributed by atoms with Crippen molar-refractivity contribution in [1.82, 2.24) is 5.32 Å². The molecule has 1 atom stereocenters. The molecule has 0 spiro atoms. The zero-order chi connectivity index (χ0) is 29.2. The lowest BCUT2D eigenvalue weighted by atomic mass is 10.1. The molecular formula is C33H31N3O4S. The van der Waals surface area contributed by atoms with Gasteiger partial charge in [0.15, 0.2) is 0 Å². The van der Waals surface area contributed by atoms with E-state index in [9.17, 15) is 14.4 Å². The standard InChI is InChI=1S/C33H31N3O4S/c1-22-13-15-24(16-14-22)21-29(36-32(38)25-9-5-4-6-10-25)33(39)34-26-17-19-27(20-18-26)41-23(2)31(37)35-28-11-7-8-12-30(28)40-3/h4-21,23H,1-3H3,(H,34,39)(H,35,37)(H,36,38)/b29-21-. The lowest BCUT2D eigenvalue weighted by Gasteiger charge is -2.15. The summed E-state index contributed by atoms with van der Waals surface area (Å²) in [6.07, 6.45) is 1.64. The molecule has 0 saturated heterocycles. The fourth-order valence-electron chi connectivity index (χ4n) is 3.83. The molecule has 3 N–H and O–H groups in total. The number of methoxy groups -OCH3 is 1. The molecule has 0 heterocycles. The van der Waals surface area contributed by atoms with E-state index < -0.39 is 5.91 Å². The molecular weight excluding hydrogens is 534 g/mol. The Balaban J connectivity index is 1.43. The van der Waals surface area contributed by atoms with Gasteiger partial charge in [-0.3, -0.25) is 14.4 Å². The normalized spacial score (nSPS) is 11.7. The Morgan fingerprint density at radius 1 is 0.805 bits per heavy atom. The van der Waals surface area contributed by atoms with Crippen molar-refractivity contribution >= 4 is 46.9 Å². The summed E-state index contributed by atoms with van der Waals surface area (Å²) in [6, 6.07) is 30.8. The number of hydrogen-bond acceptors (Lipinski definition) is 5. The van der Waals surface area contributed by atoms with Crippen LogP contribution in [0.2, 0.25) is 0 Å². The van der Waals surface area contributed by atoms with Crippen LogP contribution in [0.3, 0.4) is 0 Å². The Hall–Kier alpha value is -4.82. The minimum Gasteiger partial charge on any atom is -0.495 e. The van der Waals surface area contributed by atoms with E-state index in [0.717, 1.165) is 16.0 Å². The van der Waals surface area contributed by atoms with Crippen LogP contribution in [-0.2, 0) is 9.59 Å². The molecule has 208 valence electrons. The first-order chi connectivity index (χ1) is 19.8. The third-order valence-corrected chi connectivity index (χ3v) is 7.19. The third-order valence-electron chi connectivity index (χ3n) is 6.08. The van der Waals surface area contributed by atoms with E-state index in [1.807, 2.05) is 68.4 Å².